The molecule has 0 radical (unpaired) electrons. The zero-order valence-electron chi connectivity index (χ0n) is 19.5. The molecule has 0 saturated carbocycles. The molecule has 0 bridgehead atoms. The van der Waals surface area contributed by atoms with Crippen molar-refractivity contribution in [3.63, 3.8) is 0 Å². The monoisotopic (exact) mass is 489 g/mol. The maximum Gasteiger partial charge on any atom is 0.243 e. The van der Waals surface area contributed by atoms with Crippen molar-refractivity contribution in [1.82, 2.24) is 9.21 Å². The molecule has 1 atom stereocenters. The van der Waals surface area contributed by atoms with Crippen LogP contribution >= 0.6 is 0 Å². The van der Waals surface area contributed by atoms with E-state index in [1.54, 1.807) is 18.2 Å². The molecule has 7 nitrogen and oxygen atoms in total. The zero-order chi connectivity index (χ0) is 24.1. The number of likely N-dealkylation sites (tertiary alicyclic amines) is 1. The number of methoxy groups -OCH3 is 1. The molecular weight excluding hydrogens is 457 g/mol. The third-order valence-corrected chi connectivity index (χ3v) is 8.51. The predicted molar refractivity (Wildman–Crippen MR) is 129 cm³/mol. The first-order valence-electron chi connectivity index (χ1n) is 11.9. The van der Waals surface area contributed by atoms with Gasteiger partial charge in [0.05, 0.1) is 24.2 Å². The molecule has 2 aromatic rings. The molecule has 0 aliphatic carbocycles. The minimum absolute atomic E-state index is 0.0444. The van der Waals surface area contributed by atoms with Gasteiger partial charge in [-0.25, -0.2) is 12.8 Å². The number of halogens is 1. The molecular formula is C25H32FN3O4S. The lowest BCUT2D eigenvalue weighted by atomic mass is 10.0. The van der Waals surface area contributed by atoms with E-state index in [1.807, 2.05) is 0 Å². The summed E-state index contributed by atoms with van der Waals surface area (Å²) in [6.45, 7) is 1.93. The molecule has 2 aliphatic rings. The molecule has 0 aromatic heterocycles. The van der Waals surface area contributed by atoms with Crippen molar-refractivity contribution >= 4 is 21.6 Å². The molecule has 2 aliphatic heterocycles. The number of ether oxygens (including phenoxy) is 1. The third-order valence-electron chi connectivity index (χ3n) is 6.61. The molecule has 0 spiro atoms. The fourth-order valence-corrected chi connectivity index (χ4v) is 6.37. The fourth-order valence-electron chi connectivity index (χ4n) is 4.83. The van der Waals surface area contributed by atoms with Crippen LogP contribution in [0.2, 0.25) is 0 Å². The first kappa shape index (κ1) is 24.6. The minimum atomic E-state index is -3.65. The number of anilines is 1. The van der Waals surface area contributed by atoms with Crippen LogP contribution in [0.15, 0.2) is 47.4 Å². The Labute approximate surface area is 200 Å². The van der Waals surface area contributed by atoms with Gasteiger partial charge in [-0.15, -0.1) is 0 Å². The average molecular weight is 490 g/mol. The number of hydrogen-bond acceptors (Lipinski definition) is 5. The topological polar surface area (TPSA) is 79.0 Å². The predicted octanol–water partition coefficient (Wildman–Crippen LogP) is 4.17. The van der Waals surface area contributed by atoms with Crippen molar-refractivity contribution in [2.45, 2.75) is 49.5 Å². The molecule has 2 aromatic carbocycles. The number of rotatable bonds is 7. The number of benzene rings is 2. The normalized spacial score (nSPS) is 20.1. The van der Waals surface area contributed by atoms with Crippen LogP contribution in [0, 0.1) is 5.82 Å². The maximum atomic E-state index is 13.3. The molecule has 2 fully saturated rings. The van der Waals surface area contributed by atoms with Crippen LogP contribution in [0.4, 0.5) is 10.1 Å². The first-order valence-corrected chi connectivity index (χ1v) is 13.3. The van der Waals surface area contributed by atoms with Gasteiger partial charge in [0.25, 0.3) is 0 Å². The highest BCUT2D eigenvalue weighted by atomic mass is 32.2. The van der Waals surface area contributed by atoms with Crippen LogP contribution in [0.5, 0.6) is 5.75 Å². The van der Waals surface area contributed by atoms with Gasteiger partial charge in [-0.05, 0) is 68.1 Å². The molecule has 2 saturated heterocycles. The first-order chi connectivity index (χ1) is 16.4. The Balaban J connectivity index is 1.49. The largest absolute Gasteiger partial charge is 0.495 e. The molecule has 1 unspecified atom stereocenters. The lowest BCUT2D eigenvalue weighted by Crippen LogP contribution is -2.33. The van der Waals surface area contributed by atoms with E-state index >= 15 is 0 Å². The lowest BCUT2D eigenvalue weighted by molar-refractivity contribution is -0.117. The SMILES string of the molecule is COc1ccc(S(=O)(=O)N2CCCCCC2)cc1NC(=O)CN1CCCC1c1ccc(F)cc1. The van der Waals surface area contributed by atoms with Crippen molar-refractivity contribution in [1.29, 1.82) is 0 Å². The minimum Gasteiger partial charge on any atom is -0.495 e. The summed E-state index contributed by atoms with van der Waals surface area (Å²) in [5.41, 5.74) is 1.32. The fraction of sp³-hybridized carbons (Fsp3) is 0.480. The summed E-state index contributed by atoms with van der Waals surface area (Å²) in [7, 11) is -2.17. The Bertz CT molecular complexity index is 1100. The van der Waals surface area contributed by atoms with Crippen molar-refractivity contribution in [2.24, 2.45) is 0 Å². The van der Waals surface area contributed by atoms with E-state index in [9.17, 15) is 17.6 Å². The Morgan fingerprint density at radius 2 is 1.74 bits per heavy atom. The summed E-state index contributed by atoms with van der Waals surface area (Å²) >= 11 is 0. The van der Waals surface area contributed by atoms with E-state index < -0.39 is 10.0 Å². The quantitative estimate of drug-likeness (QED) is 0.632. The van der Waals surface area contributed by atoms with Crippen LogP contribution in [0.25, 0.3) is 0 Å². The van der Waals surface area contributed by atoms with Gasteiger partial charge in [-0.3, -0.25) is 9.69 Å². The summed E-state index contributed by atoms with van der Waals surface area (Å²) in [5.74, 6) is -0.135. The Hall–Kier alpha value is -2.49. The molecule has 4 rings (SSSR count). The van der Waals surface area contributed by atoms with Crippen LogP contribution in [0.3, 0.4) is 0 Å². The van der Waals surface area contributed by atoms with E-state index in [4.69, 9.17) is 4.74 Å². The number of hydrogen-bond donors (Lipinski definition) is 1. The Kier molecular flexibility index (Phi) is 7.85. The molecule has 9 heteroatoms. The molecule has 34 heavy (non-hydrogen) atoms. The van der Waals surface area contributed by atoms with Gasteiger partial charge >= 0.3 is 0 Å². The van der Waals surface area contributed by atoms with Gasteiger partial charge in [0.1, 0.15) is 11.6 Å². The van der Waals surface area contributed by atoms with Gasteiger partial charge in [-0.1, -0.05) is 25.0 Å². The number of sulfonamides is 1. The van der Waals surface area contributed by atoms with Crippen molar-refractivity contribution < 1.29 is 22.3 Å². The molecule has 1 amide bonds. The number of carbonyl (C=O) groups is 1. The van der Waals surface area contributed by atoms with Gasteiger partial charge in [0.2, 0.25) is 15.9 Å². The highest BCUT2D eigenvalue weighted by Gasteiger charge is 2.29. The van der Waals surface area contributed by atoms with Crippen LogP contribution in [-0.4, -0.2) is 56.8 Å². The summed E-state index contributed by atoms with van der Waals surface area (Å²) in [6.07, 6.45) is 5.61. The van der Waals surface area contributed by atoms with Gasteiger partial charge in [0.15, 0.2) is 0 Å². The second kappa shape index (κ2) is 10.8. The summed E-state index contributed by atoms with van der Waals surface area (Å²) in [6, 6.07) is 11.0. The maximum absolute atomic E-state index is 13.3. The van der Waals surface area contributed by atoms with E-state index in [0.717, 1.165) is 50.6 Å². The second-order valence-corrected chi connectivity index (χ2v) is 10.8. The molecule has 2 heterocycles. The van der Waals surface area contributed by atoms with Crippen LogP contribution in [-0.2, 0) is 14.8 Å². The van der Waals surface area contributed by atoms with Gasteiger partial charge in [-0.2, -0.15) is 4.31 Å². The summed E-state index contributed by atoms with van der Waals surface area (Å²) in [5, 5.41) is 2.85. The van der Waals surface area contributed by atoms with E-state index in [1.165, 1.54) is 35.7 Å². The third kappa shape index (κ3) is 5.59. The summed E-state index contributed by atoms with van der Waals surface area (Å²) in [4.78, 5) is 15.2. The average Bonchev–Trinajstić information content (AvgIpc) is 3.09. The van der Waals surface area contributed by atoms with Crippen LogP contribution < -0.4 is 10.1 Å². The summed E-state index contributed by atoms with van der Waals surface area (Å²) < 4.78 is 46.7. The highest BCUT2D eigenvalue weighted by molar-refractivity contribution is 7.89. The number of nitrogens with one attached hydrogen (secondary N) is 1. The molecule has 1 N–H and O–H groups in total. The number of carbonyl (C=O) groups excluding carboxylic acids is 1. The smallest absolute Gasteiger partial charge is 0.243 e. The molecule has 184 valence electrons. The van der Waals surface area contributed by atoms with Crippen molar-refractivity contribution in [3.8, 4) is 5.75 Å². The lowest BCUT2D eigenvalue weighted by Gasteiger charge is -2.24. The van der Waals surface area contributed by atoms with Crippen molar-refractivity contribution in [2.75, 3.05) is 38.6 Å². The van der Waals surface area contributed by atoms with E-state index in [-0.39, 0.29) is 29.2 Å². The Morgan fingerprint density at radius 3 is 2.41 bits per heavy atom. The van der Waals surface area contributed by atoms with Gasteiger partial charge < -0.3 is 10.1 Å². The van der Waals surface area contributed by atoms with E-state index in [0.29, 0.717) is 24.5 Å². The van der Waals surface area contributed by atoms with Crippen LogP contribution in [0.1, 0.15) is 50.1 Å². The van der Waals surface area contributed by atoms with Gasteiger partial charge in [0, 0.05) is 19.1 Å². The standard InChI is InChI=1S/C25H32FN3O4S/c1-33-24-13-12-21(34(31,32)29-15-4-2-3-5-16-29)17-22(24)27-25(30)18-28-14-6-7-23(28)19-8-10-20(26)11-9-19/h8-13,17,23H,2-7,14-16,18H2,1H3,(H,27,30). The highest BCUT2D eigenvalue weighted by Crippen LogP contribution is 2.33. The second-order valence-electron chi connectivity index (χ2n) is 8.91. The Morgan fingerprint density at radius 1 is 1.03 bits per heavy atom. The number of amides is 1. The zero-order valence-corrected chi connectivity index (χ0v) is 20.3. The number of nitrogens with zero attached hydrogens (tertiary/aromatic N) is 2. The van der Waals surface area contributed by atoms with E-state index in [2.05, 4.69) is 10.2 Å². The van der Waals surface area contributed by atoms with Crippen molar-refractivity contribution in [3.05, 3.63) is 53.8 Å².